The lowest BCUT2D eigenvalue weighted by atomic mass is 10.0. The summed E-state index contributed by atoms with van der Waals surface area (Å²) in [5.74, 6) is 0.174. The van der Waals surface area contributed by atoms with Crippen molar-refractivity contribution in [1.29, 1.82) is 0 Å². The molecule has 0 aliphatic carbocycles. The molecule has 1 aliphatic heterocycles. The number of rotatable bonds is 3. The average Bonchev–Trinajstić information content (AvgIpc) is 2.54. The fourth-order valence-electron chi connectivity index (χ4n) is 2.74. The van der Waals surface area contributed by atoms with E-state index < -0.39 is 0 Å². The highest BCUT2D eigenvalue weighted by Crippen LogP contribution is 2.22. The standard InChI is InChI=1S/C18H20N2O2/c1-2-13-3-5-15(6-4-13)18(22)19-20-10-9-14-7-8-17(21)11-16(14)12-20/h3-8,11,21H,2,9-10,12H2,1H3,(H,19,22). The Morgan fingerprint density at radius 3 is 2.68 bits per heavy atom. The number of nitrogens with zero attached hydrogens (tertiary/aromatic N) is 1. The highest BCUT2D eigenvalue weighted by atomic mass is 16.3. The summed E-state index contributed by atoms with van der Waals surface area (Å²) in [5.41, 5.74) is 7.13. The average molecular weight is 296 g/mol. The molecule has 0 bridgehead atoms. The van der Waals surface area contributed by atoms with E-state index in [9.17, 15) is 9.90 Å². The van der Waals surface area contributed by atoms with E-state index in [4.69, 9.17) is 0 Å². The molecule has 0 saturated carbocycles. The van der Waals surface area contributed by atoms with Gasteiger partial charge in [0.15, 0.2) is 0 Å². The molecule has 3 rings (SSSR count). The van der Waals surface area contributed by atoms with Crippen molar-refractivity contribution < 1.29 is 9.90 Å². The molecule has 2 aromatic rings. The molecule has 1 heterocycles. The van der Waals surface area contributed by atoms with Gasteiger partial charge in [-0.05, 0) is 53.8 Å². The number of amides is 1. The number of nitrogens with one attached hydrogen (secondary N) is 1. The molecule has 0 unspecified atom stereocenters. The van der Waals surface area contributed by atoms with E-state index in [2.05, 4.69) is 12.3 Å². The number of aryl methyl sites for hydroxylation is 1. The molecule has 22 heavy (non-hydrogen) atoms. The zero-order valence-electron chi connectivity index (χ0n) is 12.7. The van der Waals surface area contributed by atoms with Crippen LogP contribution in [0.5, 0.6) is 5.75 Å². The molecule has 0 atom stereocenters. The zero-order valence-corrected chi connectivity index (χ0v) is 12.7. The highest BCUT2D eigenvalue weighted by molar-refractivity contribution is 5.93. The van der Waals surface area contributed by atoms with Gasteiger partial charge in [-0.3, -0.25) is 10.2 Å². The number of hydrogen-bond donors (Lipinski definition) is 2. The van der Waals surface area contributed by atoms with Gasteiger partial charge in [-0.25, -0.2) is 5.01 Å². The Morgan fingerprint density at radius 2 is 1.95 bits per heavy atom. The van der Waals surface area contributed by atoms with Crippen molar-refractivity contribution in [2.24, 2.45) is 0 Å². The van der Waals surface area contributed by atoms with E-state index in [-0.39, 0.29) is 11.7 Å². The molecule has 2 N–H and O–H groups in total. The lowest BCUT2D eigenvalue weighted by Gasteiger charge is -2.29. The molecule has 1 aliphatic rings. The predicted octanol–water partition coefficient (Wildman–Crippen LogP) is 2.66. The number of hydrogen-bond acceptors (Lipinski definition) is 3. The van der Waals surface area contributed by atoms with Gasteiger partial charge in [0, 0.05) is 18.7 Å². The first-order valence-electron chi connectivity index (χ1n) is 7.61. The lowest BCUT2D eigenvalue weighted by Crippen LogP contribution is -2.44. The minimum absolute atomic E-state index is 0.0914. The molecule has 0 saturated heterocycles. The third-order valence-electron chi connectivity index (χ3n) is 4.09. The molecule has 0 fully saturated rings. The molecular formula is C18H20N2O2. The monoisotopic (exact) mass is 296 g/mol. The second-order valence-electron chi connectivity index (χ2n) is 5.62. The normalized spacial score (nSPS) is 14.4. The fourth-order valence-corrected chi connectivity index (χ4v) is 2.74. The maximum Gasteiger partial charge on any atom is 0.265 e. The number of phenolic OH excluding ortho intramolecular Hbond substituents is 1. The summed E-state index contributed by atoms with van der Waals surface area (Å²) in [6.45, 7) is 3.48. The second kappa shape index (κ2) is 6.20. The highest BCUT2D eigenvalue weighted by Gasteiger charge is 2.18. The third kappa shape index (κ3) is 3.12. The van der Waals surface area contributed by atoms with Gasteiger partial charge in [-0.1, -0.05) is 25.1 Å². The van der Waals surface area contributed by atoms with Gasteiger partial charge in [0.1, 0.15) is 5.75 Å². The van der Waals surface area contributed by atoms with Crippen LogP contribution < -0.4 is 5.43 Å². The van der Waals surface area contributed by atoms with Crippen LogP contribution in [0.25, 0.3) is 0 Å². The van der Waals surface area contributed by atoms with E-state index >= 15 is 0 Å². The number of hydrazine groups is 1. The van der Waals surface area contributed by atoms with Crippen LogP contribution in [-0.2, 0) is 19.4 Å². The first-order chi connectivity index (χ1) is 10.7. The zero-order chi connectivity index (χ0) is 15.5. The van der Waals surface area contributed by atoms with Crippen molar-refractivity contribution in [1.82, 2.24) is 10.4 Å². The second-order valence-corrected chi connectivity index (χ2v) is 5.62. The Balaban J connectivity index is 1.67. The number of benzene rings is 2. The molecule has 0 radical (unpaired) electrons. The topological polar surface area (TPSA) is 52.6 Å². The Bertz CT molecular complexity index is 680. The largest absolute Gasteiger partial charge is 0.508 e. The van der Waals surface area contributed by atoms with Gasteiger partial charge < -0.3 is 5.11 Å². The Morgan fingerprint density at radius 1 is 1.18 bits per heavy atom. The van der Waals surface area contributed by atoms with Crippen LogP contribution in [0.3, 0.4) is 0 Å². The van der Waals surface area contributed by atoms with Gasteiger partial charge >= 0.3 is 0 Å². The van der Waals surface area contributed by atoms with Crippen molar-refractivity contribution in [3.63, 3.8) is 0 Å². The van der Waals surface area contributed by atoms with E-state index in [1.54, 1.807) is 12.1 Å². The number of carbonyl (C=O) groups excluding carboxylic acids is 1. The van der Waals surface area contributed by atoms with Crippen molar-refractivity contribution in [2.75, 3.05) is 6.54 Å². The van der Waals surface area contributed by atoms with E-state index in [0.29, 0.717) is 12.1 Å². The van der Waals surface area contributed by atoms with Crippen molar-refractivity contribution in [3.05, 3.63) is 64.7 Å². The van der Waals surface area contributed by atoms with Crippen LogP contribution in [0, 0.1) is 0 Å². The van der Waals surface area contributed by atoms with Gasteiger partial charge in [0.05, 0.1) is 0 Å². The third-order valence-corrected chi connectivity index (χ3v) is 4.09. The van der Waals surface area contributed by atoms with Crippen LogP contribution in [0.1, 0.15) is 34.0 Å². The molecule has 114 valence electrons. The first kappa shape index (κ1) is 14.6. The maximum absolute atomic E-state index is 12.3. The minimum Gasteiger partial charge on any atom is -0.508 e. The first-order valence-corrected chi connectivity index (χ1v) is 7.61. The molecule has 1 amide bonds. The van der Waals surface area contributed by atoms with Crippen LogP contribution in [0.15, 0.2) is 42.5 Å². The molecule has 4 heteroatoms. The number of carbonyl (C=O) groups is 1. The van der Waals surface area contributed by atoms with Crippen LogP contribution in [-0.4, -0.2) is 22.6 Å². The molecule has 2 aromatic carbocycles. The Hall–Kier alpha value is -2.33. The predicted molar refractivity (Wildman–Crippen MR) is 85.5 cm³/mol. The van der Waals surface area contributed by atoms with Crippen molar-refractivity contribution in [3.8, 4) is 5.75 Å². The Labute approximate surface area is 130 Å². The van der Waals surface area contributed by atoms with Crippen LogP contribution in [0.2, 0.25) is 0 Å². The van der Waals surface area contributed by atoms with Gasteiger partial charge in [0.25, 0.3) is 5.91 Å². The van der Waals surface area contributed by atoms with E-state index in [0.717, 1.165) is 24.9 Å². The minimum atomic E-state index is -0.0914. The summed E-state index contributed by atoms with van der Waals surface area (Å²) in [5, 5.41) is 11.5. The van der Waals surface area contributed by atoms with Crippen LogP contribution >= 0.6 is 0 Å². The Kier molecular flexibility index (Phi) is 4.11. The summed E-state index contributed by atoms with van der Waals surface area (Å²) in [6.07, 6.45) is 1.83. The van der Waals surface area contributed by atoms with Gasteiger partial charge in [0.2, 0.25) is 0 Å². The number of fused-ring (bicyclic) bond motifs is 1. The molecule has 4 nitrogen and oxygen atoms in total. The summed E-state index contributed by atoms with van der Waals surface area (Å²) >= 11 is 0. The quantitative estimate of drug-likeness (QED) is 0.915. The summed E-state index contributed by atoms with van der Waals surface area (Å²) < 4.78 is 0. The number of phenols is 1. The van der Waals surface area contributed by atoms with Crippen molar-refractivity contribution in [2.45, 2.75) is 26.3 Å². The van der Waals surface area contributed by atoms with Crippen LogP contribution in [0.4, 0.5) is 0 Å². The lowest BCUT2D eigenvalue weighted by molar-refractivity contribution is 0.0763. The van der Waals surface area contributed by atoms with Gasteiger partial charge in [-0.2, -0.15) is 0 Å². The SMILES string of the molecule is CCc1ccc(C(=O)NN2CCc3ccc(O)cc3C2)cc1. The van der Waals surface area contributed by atoms with E-state index in [1.807, 2.05) is 35.3 Å². The number of aromatic hydroxyl groups is 1. The molecule has 0 spiro atoms. The summed E-state index contributed by atoms with van der Waals surface area (Å²) in [4.78, 5) is 12.3. The fraction of sp³-hybridized carbons (Fsp3) is 0.278. The smallest absolute Gasteiger partial charge is 0.265 e. The van der Waals surface area contributed by atoms with E-state index in [1.165, 1.54) is 11.1 Å². The molecule has 0 aromatic heterocycles. The van der Waals surface area contributed by atoms with Gasteiger partial charge in [-0.15, -0.1) is 0 Å². The van der Waals surface area contributed by atoms with Crippen molar-refractivity contribution >= 4 is 5.91 Å². The summed E-state index contributed by atoms with van der Waals surface area (Å²) in [6, 6.07) is 13.1. The molecular weight excluding hydrogens is 276 g/mol. The maximum atomic E-state index is 12.3. The summed E-state index contributed by atoms with van der Waals surface area (Å²) in [7, 11) is 0.